The van der Waals surface area contributed by atoms with Crippen LogP contribution in [0.25, 0.3) is 0 Å². The van der Waals surface area contributed by atoms with Crippen molar-refractivity contribution in [3.05, 3.63) is 23.3 Å². The van der Waals surface area contributed by atoms with Crippen molar-refractivity contribution in [3.63, 3.8) is 0 Å². The lowest BCUT2D eigenvalue weighted by Crippen LogP contribution is -2.12. The van der Waals surface area contributed by atoms with Gasteiger partial charge in [0.15, 0.2) is 0 Å². The van der Waals surface area contributed by atoms with E-state index in [4.69, 9.17) is 19.7 Å². The van der Waals surface area contributed by atoms with E-state index in [1.54, 1.807) is 0 Å². The van der Waals surface area contributed by atoms with Crippen molar-refractivity contribution in [3.8, 4) is 11.5 Å². The lowest BCUT2D eigenvalue weighted by Gasteiger charge is -2.13. The summed E-state index contributed by atoms with van der Waals surface area (Å²) in [5, 5.41) is 17.7. The van der Waals surface area contributed by atoms with Crippen LogP contribution in [-0.4, -0.2) is 34.1 Å². The average molecular weight is 310 g/mol. The number of rotatable bonds is 6. The summed E-state index contributed by atoms with van der Waals surface area (Å²) in [4.78, 5) is 43.9. The number of carbonyl (C=O) groups excluding carboxylic acids is 2. The second-order valence-corrected chi connectivity index (χ2v) is 4.40. The van der Waals surface area contributed by atoms with Gasteiger partial charge in [0.25, 0.3) is 0 Å². The molecular weight excluding hydrogens is 296 g/mol. The van der Waals surface area contributed by atoms with Crippen molar-refractivity contribution in [2.75, 3.05) is 0 Å². The van der Waals surface area contributed by atoms with Crippen molar-refractivity contribution in [1.29, 1.82) is 0 Å². The molecule has 8 nitrogen and oxygen atoms in total. The van der Waals surface area contributed by atoms with Crippen molar-refractivity contribution < 1.29 is 38.9 Å². The Morgan fingerprint density at radius 3 is 1.36 bits per heavy atom. The predicted molar refractivity (Wildman–Crippen MR) is 71.7 cm³/mol. The van der Waals surface area contributed by atoms with Crippen LogP contribution in [-0.2, 0) is 32.0 Å². The van der Waals surface area contributed by atoms with Gasteiger partial charge in [-0.1, -0.05) is 0 Å². The van der Waals surface area contributed by atoms with E-state index < -0.39 is 36.7 Å². The molecule has 118 valence electrons. The highest BCUT2D eigenvalue weighted by atomic mass is 16.5. The third-order valence-electron chi connectivity index (χ3n) is 2.43. The summed E-state index contributed by atoms with van der Waals surface area (Å²) in [7, 11) is 0. The molecule has 0 fully saturated rings. The number of aliphatic carboxylic acids is 2. The topological polar surface area (TPSA) is 127 Å². The lowest BCUT2D eigenvalue weighted by molar-refractivity contribution is -0.137. The van der Waals surface area contributed by atoms with Crippen LogP contribution in [0.2, 0.25) is 0 Å². The second kappa shape index (κ2) is 7.21. The van der Waals surface area contributed by atoms with Crippen molar-refractivity contribution >= 4 is 23.9 Å². The van der Waals surface area contributed by atoms with Gasteiger partial charge < -0.3 is 19.7 Å². The molecular formula is C14H14O8. The Kier molecular flexibility index (Phi) is 5.62. The average Bonchev–Trinajstić information content (AvgIpc) is 2.31. The van der Waals surface area contributed by atoms with Crippen LogP contribution >= 0.6 is 0 Å². The zero-order chi connectivity index (χ0) is 16.9. The van der Waals surface area contributed by atoms with Crippen molar-refractivity contribution in [2.45, 2.75) is 26.7 Å². The first-order chi connectivity index (χ1) is 10.2. The minimum Gasteiger partial charge on any atom is -0.481 e. The third kappa shape index (κ3) is 5.23. The molecule has 1 rings (SSSR count). The minimum atomic E-state index is -1.19. The largest absolute Gasteiger partial charge is 0.481 e. The summed E-state index contributed by atoms with van der Waals surface area (Å²) in [5.41, 5.74) is 0.182. The third-order valence-corrected chi connectivity index (χ3v) is 2.43. The Bertz CT molecular complexity index is 526. The number of carboxylic acids is 2. The molecule has 0 aliphatic rings. The summed E-state index contributed by atoms with van der Waals surface area (Å²) in [6.07, 6.45) is -0.964. The Hall–Kier alpha value is -2.90. The van der Waals surface area contributed by atoms with Crippen molar-refractivity contribution in [1.82, 2.24) is 0 Å². The number of hydrogen-bond acceptors (Lipinski definition) is 6. The summed E-state index contributed by atoms with van der Waals surface area (Å²) < 4.78 is 9.79. The van der Waals surface area contributed by atoms with E-state index in [1.807, 2.05) is 0 Å². The molecule has 8 heteroatoms. The van der Waals surface area contributed by atoms with Gasteiger partial charge in [0.2, 0.25) is 0 Å². The van der Waals surface area contributed by atoms with Gasteiger partial charge in [-0.3, -0.25) is 19.2 Å². The summed E-state index contributed by atoms with van der Waals surface area (Å²) in [6, 6.07) is 2.37. The van der Waals surface area contributed by atoms with Crippen LogP contribution in [0.15, 0.2) is 12.1 Å². The smallest absolute Gasteiger partial charge is 0.308 e. The molecule has 0 bridgehead atoms. The molecule has 0 aliphatic heterocycles. The van der Waals surface area contributed by atoms with Crippen LogP contribution < -0.4 is 9.47 Å². The molecule has 0 saturated heterocycles. The van der Waals surface area contributed by atoms with Gasteiger partial charge in [0.1, 0.15) is 11.5 Å². The molecule has 0 aromatic heterocycles. The minimum absolute atomic E-state index is 0.0814. The van der Waals surface area contributed by atoms with Crippen LogP contribution in [0.5, 0.6) is 11.5 Å². The first-order valence-corrected chi connectivity index (χ1v) is 6.15. The maximum atomic E-state index is 11.1. The molecule has 0 heterocycles. The number of ether oxygens (including phenoxy) is 2. The van der Waals surface area contributed by atoms with E-state index >= 15 is 0 Å². The van der Waals surface area contributed by atoms with Crippen molar-refractivity contribution in [2.24, 2.45) is 0 Å². The Labute approximate surface area is 125 Å². The zero-order valence-corrected chi connectivity index (χ0v) is 11.9. The van der Waals surface area contributed by atoms with Gasteiger partial charge in [-0.2, -0.15) is 0 Å². The fourth-order valence-corrected chi connectivity index (χ4v) is 1.75. The molecule has 1 aromatic carbocycles. The molecule has 22 heavy (non-hydrogen) atoms. The monoisotopic (exact) mass is 310 g/mol. The lowest BCUT2D eigenvalue weighted by atomic mass is 10.0. The van der Waals surface area contributed by atoms with E-state index in [-0.39, 0.29) is 22.6 Å². The van der Waals surface area contributed by atoms with E-state index in [0.717, 1.165) is 13.8 Å². The predicted octanol–water partition coefficient (Wildman–Crippen LogP) is 0.791. The number of carboxylic acid groups (broad SMARTS) is 2. The standard InChI is InChI=1S/C14H14O8/c1-7(15)21-11-3-10(6-14(19)20)12(22-8(2)16)4-9(11)5-13(17)18/h3-4H,5-6H2,1-2H3,(H,17,18)(H,19,20). The first-order valence-electron chi connectivity index (χ1n) is 6.15. The fourth-order valence-electron chi connectivity index (χ4n) is 1.75. The molecule has 1 aromatic rings. The van der Waals surface area contributed by atoms with Crippen LogP contribution in [0, 0.1) is 0 Å². The highest BCUT2D eigenvalue weighted by Crippen LogP contribution is 2.30. The number of esters is 2. The molecule has 0 amide bonds. The fraction of sp³-hybridized carbons (Fsp3) is 0.286. The van der Waals surface area contributed by atoms with Crippen LogP contribution in [0.1, 0.15) is 25.0 Å². The van der Waals surface area contributed by atoms with Crippen LogP contribution in [0.4, 0.5) is 0 Å². The van der Waals surface area contributed by atoms with E-state index in [2.05, 4.69) is 0 Å². The summed E-state index contributed by atoms with van der Waals surface area (Å²) in [6.45, 7) is 2.25. The van der Waals surface area contributed by atoms with Gasteiger partial charge in [0.05, 0.1) is 12.8 Å². The molecule has 0 aliphatic carbocycles. The first kappa shape index (κ1) is 17.2. The zero-order valence-electron chi connectivity index (χ0n) is 11.9. The summed E-state index contributed by atoms with van der Waals surface area (Å²) in [5.74, 6) is -3.91. The normalized spacial score (nSPS) is 9.91. The maximum Gasteiger partial charge on any atom is 0.308 e. The molecule has 0 unspecified atom stereocenters. The molecule has 0 spiro atoms. The molecule has 0 saturated carbocycles. The van der Waals surface area contributed by atoms with Gasteiger partial charge in [-0.15, -0.1) is 0 Å². The number of carbonyl (C=O) groups is 4. The van der Waals surface area contributed by atoms with E-state index in [0.29, 0.717) is 0 Å². The SMILES string of the molecule is CC(=O)Oc1cc(CC(=O)O)c(OC(C)=O)cc1CC(=O)O. The van der Waals surface area contributed by atoms with Crippen LogP contribution in [0.3, 0.4) is 0 Å². The van der Waals surface area contributed by atoms with Gasteiger partial charge >= 0.3 is 23.9 Å². The molecule has 2 N–H and O–H groups in total. The molecule has 0 atom stereocenters. The second-order valence-electron chi connectivity index (χ2n) is 4.40. The van der Waals surface area contributed by atoms with Gasteiger partial charge in [0, 0.05) is 25.0 Å². The van der Waals surface area contributed by atoms with E-state index in [1.165, 1.54) is 12.1 Å². The van der Waals surface area contributed by atoms with E-state index in [9.17, 15) is 19.2 Å². The number of hydrogen-bond donors (Lipinski definition) is 2. The maximum absolute atomic E-state index is 11.1. The van der Waals surface area contributed by atoms with Gasteiger partial charge in [-0.25, -0.2) is 0 Å². The highest BCUT2D eigenvalue weighted by Gasteiger charge is 2.18. The van der Waals surface area contributed by atoms with Gasteiger partial charge in [-0.05, 0) is 12.1 Å². The summed E-state index contributed by atoms with van der Waals surface area (Å²) >= 11 is 0. The Balaban J connectivity index is 3.39. The number of benzene rings is 1. The highest BCUT2D eigenvalue weighted by molar-refractivity contribution is 5.78. The molecule has 0 radical (unpaired) electrons. The quantitative estimate of drug-likeness (QED) is 0.583. The Morgan fingerprint density at radius 2 is 1.14 bits per heavy atom. The Morgan fingerprint density at radius 1 is 0.818 bits per heavy atom.